The van der Waals surface area contributed by atoms with Gasteiger partial charge in [-0.1, -0.05) is 0 Å². The fourth-order valence-electron chi connectivity index (χ4n) is 2.84. The molecule has 0 aromatic rings. The van der Waals surface area contributed by atoms with Crippen LogP contribution >= 0.6 is 0 Å². The minimum atomic E-state index is -3.36. The number of sulfone groups is 2. The molecule has 0 spiro atoms. The Labute approximate surface area is 117 Å². The van der Waals surface area contributed by atoms with Gasteiger partial charge in [0.05, 0.1) is 41.6 Å². The van der Waals surface area contributed by atoms with Crippen LogP contribution < -0.4 is 0 Å². The maximum absolute atomic E-state index is 11.6. The normalized spacial score (nSPS) is 36.8. The summed E-state index contributed by atoms with van der Waals surface area (Å²) in [5.41, 5.74) is 0. The number of rotatable bonds is 3. The van der Waals surface area contributed by atoms with E-state index in [-0.39, 0.29) is 36.0 Å². The van der Waals surface area contributed by atoms with Gasteiger partial charge in [0.15, 0.2) is 19.7 Å². The third kappa shape index (κ3) is 3.48. The zero-order chi connectivity index (χ0) is 15.1. The first-order chi connectivity index (χ1) is 9.10. The van der Waals surface area contributed by atoms with E-state index < -0.39 is 43.8 Å². The van der Waals surface area contributed by atoms with Crippen molar-refractivity contribution in [3.05, 3.63) is 0 Å². The molecule has 8 nitrogen and oxygen atoms in total. The number of aliphatic carboxylic acids is 1. The average molecular weight is 327 g/mol. The highest BCUT2D eigenvalue weighted by molar-refractivity contribution is 7.92. The van der Waals surface area contributed by atoms with Crippen molar-refractivity contribution in [2.75, 3.05) is 29.6 Å². The lowest BCUT2D eigenvalue weighted by Crippen LogP contribution is -2.56. The number of nitrogens with zero attached hydrogens (tertiary/aromatic N) is 1. The van der Waals surface area contributed by atoms with E-state index in [0.29, 0.717) is 0 Å². The Morgan fingerprint density at radius 2 is 1.75 bits per heavy atom. The van der Waals surface area contributed by atoms with Crippen LogP contribution in [-0.4, -0.2) is 85.7 Å². The number of carbonyl (C=O) groups is 1. The molecule has 3 unspecified atom stereocenters. The van der Waals surface area contributed by atoms with E-state index >= 15 is 0 Å². The Bertz CT molecular complexity index is 597. The fraction of sp³-hybridized carbons (Fsp3) is 0.900. The Morgan fingerprint density at radius 1 is 1.10 bits per heavy atom. The molecule has 0 saturated carbocycles. The first-order valence-electron chi connectivity index (χ1n) is 6.16. The van der Waals surface area contributed by atoms with Gasteiger partial charge in [-0.25, -0.2) is 16.8 Å². The van der Waals surface area contributed by atoms with Gasteiger partial charge >= 0.3 is 5.97 Å². The monoisotopic (exact) mass is 327 g/mol. The van der Waals surface area contributed by atoms with Crippen LogP contribution in [-0.2, 0) is 24.5 Å². The van der Waals surface area contributed by atoms with E-state index in [0.717, 1.165) is 0 Å². The summed E-state index contributed by atoms with van der Waals surface area (Å²) in [6.45, 7) is 0.0531. The zero-order valence-electron chi connectivity index (χ0n) is 10.7. The van der Waals surface area contributed by atoms with Crippen LogP contribution in [0.25, 0.3) is 0 Å². The molecule has 2 aliphatic heterocycles. The lowest BCUT2D eigenvalue weighted by molar-refractivity contribution is -0.138. The largest absolute Gasteiger partial charge is 0.481 e. The van der Waals surface area contributed by atoms with E-state index in [2.05, 4.69) is 0 Å². The van der Waals surface area contributed by atoms with Gasteiger partial charge in [0.2, 0.25) is 0 Å². The van der Waals surface area contributed by atoms with Crippen LogP contribution in [0.15, 0.2) is 0 Å². The smallest absolute Gasteiger partial charge is 0.304 e. The lowest BCUT2D eigenvalue weighted by Gasteiger charge is -2.39. The van der Waals surface area contributed by atoms with Gasteiger partial charge in [-0.15, -0.1) is 0 Å². The maximum atomic E-state index is 11.6. The van der Waals surface area contributed by atoms with Crippen molar-refractivity contribution in [3.63, 3.8) is 0 Å². The van der Waals surface area contributed by atoms with Crippen molar-refractivity contribution in [1.82, 2.24) is 4.90 Å². The quantitative estimate of drug-likeness (QED) is 0.593. The van der Waals surface area contributed by atoms with Crippen LogP contribution in [0, 0.1) is 0 Å². The molecule has 2 N–H and O–H groups in total. The number of aliphatic hydroxyl groups excluding tert-OH is 1. The summed E-state index contributed by atoms with van der Waals surface area (Å²) in [6.07, 6.45) is -1.49. The molecule has 10 heteroatoms. The Hall–Kier alpha value is -0.710. The van der Waals surface area contributed by atoms with Crippen molar-refractivity contribution in [1.29, 1.82) is 0 Å². The highest BCUT2D eigenvalue weighted by Gasteiger charge is 2.45. The first kappa shape index (κ1) is 15.7. The second-order valence-corrected chi connectivity index (χ2v) is 9.70. The molecule has 0 radical (unpaired) electrons. The van der Waals surface area contributed by atoms with Crippen molar-refractivity contribution in [2.24, 2.45) is 0 Å². The molecule has 0 aliphatic carbocycles. The summed E-state index contributed by atoms with van der Waals surface area (Å²) in [6, 6.07) is -1.51. The Morgan fingerprint density at radius 3 is 2.25 bits per heavy atom. The summed E-state index contributed by atoms with van der Waals surface area (Å²) in [7, 11) is -6.69. The number of carboxylic acid groups (broad SMARTS) is 1. The third-order valence-corrected chi connectivity index (χ3v) is 7.10. The third-order valence-electron chi connectivity index (χ3n) is 3.71. The van der Waals surface area contributed by atoms with Gasteiger partial charge in [-0.3, -0.25) is 9.69 Å². The predicted octanol–water partition coefficient (Wildman–Crippen LogP) is -2.28. The lowest BCUT2D eigenvalue weighted by atomic mass is 10.1. The van der Waals surface area contributed by atoms with Crippen LogP contribution in [0.2, 0.25) is 0 Å². The van der Waals surface area contributed by atoms with Crippen LogP contribution in [0.4, 0.5) is 0 Å². The molecule has 2 saturated heterocycles. The molecule has 0 aromatic carbocycles. The summed E-state index contributed by atoms with van der Waals surface area (Å²) in [5.74, 6) is -2.23. The second kappa shape index (κ2) is 5.24. The van der Waals surface area contributed by atoms with E-state index in [1.807, 2.05) is 0 Å². The predicted molar refractivity (Wildman–Crippen MR) is 69.8 cm³/mol. The summed E-state index contributed by atoms with van der Waals surface area (Å²) >= 11 is 0. The summed E-state index contributed by atoms with van der Waals surface area (Å²) in [4.78, 5) is 12.4. The highest BCUT2D eigenvalue weighted by Crippen LogP contribution is 2.25. The Kier molecular flexibility index (Phi) is 4.11. The van der Waals surface area contributed by atoms with Crippen molar-refractivity contribution in [3.8, 4) is 0 Å². The molecule has 0 amide bonds. The molecular weight excluding hydrogens is 310 g/mol. The van der Waals surface area contributed by atoms with Crippen LogP contribution in [0.5, 0.6) is 0 Å². The molecular formula is C10H17NO7S2. The second-order valence-electron chi connectivity index (χ2n) is 5.32. The van der Waals surface area contributed by atoms with E-state index in [1.54, 1.807) is 0 Å². The van der Waals surface area contributed by atoms with Crippen LogP contribution in [0.1, 0.15) is 6.42 Å². The van der Waals surface area contributed by atoms with Crippen molar-refractivity contribution in [2.45, 2.75) is 24.6 Å². The van der Waals surface area contributed by atoms with E-state index in [1.165, 1.54) is 4.90 Å². The average Bonchev–Trinajstić information content (AvgIpc) is 2.50. The number of carboxylic acids is 1. The first-order valence-corrected chi connectivity index (χ1v) is 9.80. The van der Waals surface area contributed by atoms with Gasteiger partial charge in [-0.05, 0) is 0 Å². The van der Waals surface area contributed by atoms with Gasteiger partial charge in [0, 0.05) is 12.6 Å². The van der Waals surface area contributed by atoms with Crippen molar-refractivity contribution >= 4 is 25.6 Å². The molecule has 2 rings (SSSR count). The maximum Gasteiger partial charge on any atom is 0.304 e. The summed E-state index contributed by atoms with van der Waals surface area (Å²) in [5, 5.41) is 18.7. The molecule has 116 valence electrons. The molecule has 2 fully saturated rings. The molecule has 0 aromatic heterocycles. The van der Waals surface area contributed by atoms with Gasteiger partial charge in [0.1, 0.15) is 0 Å². The van der Waals surface area contributed by atoms with Gasteiger partial charge < -0.3 is 10.2 Å². The molecule has 2 heterocycles. The summed E-state index contributed by atoms with van der Waals surface area (Å²) < 4.78 is 46.3. The van der Waals surface area contributed by atoms with Gasteiger partial charge in [-0.2, -0.15) is 0 Å². The fourth-order valence-corrected chi connectivity index (χ4v) is 6.20. The Balaban J connectivity index is 2.22. The highest BCUT2D eigenvalue weighted by atomic mass is 32.2. The van der Waals surface area contributed by atoms with Crippen molar-refractivity contribution < 1.29 is 31.8 Å². The minimum absolute atomic E-state index is 0.0531. The topological polar surface area (TPSA) is 129 Å². The standard InChI is InChI=1S/C10H17NO7S2/c12-9-6-20(17,18)5-8(9)11-1-2-19(15,16)4-7(11)3-10(13)14/h7-9,12H,1-6H2,(H,13,14). The number of hydrogen-bond donors (Lipinski definition) is 2. The van der Waals surface area contributed by atoms with E-state index in [9.17, 15) is 26.7 Å². The SMILES string of the molecule is O=C(O)CC1CS(=O)(=O)CCN1C1CS(=O)(=O)CC1O. The molecule has 2 aliphatic rings. The van der Waals surface area contributed by atoms with Crippen LogP contribution in [0.3, 0.4) is 0 Å². The molecule has 0 bridgehead atoms. The number of hydrogen-bond acceptors (Lipinski definition) is 7. The zero-order valence-corrected chi connectivity index (χ0v) is 12.3. The number of aliphatic hydroxyl groups is 1. The van der Waals surface area contributed by atoms with Gasteiger partial charge in [0.25, 0.3) is 0 Å². The minimum Gasteiger partial charge on any atom is -0.481 e. The van der Waals surface area contributed by atoms with E-state index in [4.69, 9.17) is 5.11 Å². The molecule has 20 heavy (non-hydrogen) atoms. The molecule has 3 atom stereocenters.